The first-order valence-electron chi connectivity index (χ1n) is 8.69. The van der Waals surface area contributed by atoms with Crippen LogP contribution in [0.5, 0.6) is 0 Å². The van der Waals surface area contributed by atoms with Gasteiger partial charge in [0.05, 0.1) is 29.2 Å². The SMILES string of the molecule is CCOC(=O)C1CCCN(C(=O)c2cc(C)nc3c2c(C)nn3C)C1. The molecule has 2 aromatic rings. The number of likely N-dealkylation sites (tertiary alicyclic amines) is 1. The molecule has 1 unspecified atom stereocenters. The Hall–Kier alpha value is -2.44. The molecule has 3 rings (SSSR count). The number of ether oxygens (including phenoxy) is 1. The van der Waals surface area contributed by atoms with E-state index in [0.717, 1.165) is 29.6 Å². The summed E-state index contributed by atoms with van der Waals surface area (Å²) in [7, 11) is 1.83. The molecule has 0 aliphatic carbocycles. The molecular weight excluding hydrogens is 320 g/mol. The standard InChI is InChI=1S/C18H24N4O3/c1-5-25-18(24)13-7-6-8-22(10-13)17(23)14-9-11(2)19-16-15(14)12(3)20-21(16)4/h9,13H,5-8,10H2,1-4H3. The fourth-order valence-corrected chi connectivity index (χ4v) is 3.52. The summed E-state index contributed by atoms with van der Waals surface area (Å²) in [6, 6.07) is 1.81. The van der Waals surface area contributed by atoms with Gasteiger partial charge >= 0.3 is 5.97 Å². The smallest absolute Gasteiger partial charge is 0.310 e. The van der Waals surface area contributed by atoms with Gasteiger partial charge in [0, 0.05) is 25.8 Å². The van der Waals surface area contributed by atoms with Crippen molar-refractivity contribution >= 4 is 22.9 Å². The Labute approximate surface area is 147 Å². The maximum absolute atomic E-state index is 13.2. The Morgan fingerprint density at radius 2 is 2.12 bits per heavy atom. The fourth-order valence-electron chi connectivity index (χ4n) is 3.52. The highest BCUT2D eigenvalue weighted by Gasteiger charge is 2.31. The summed E-state index contributed by atoms with van der Waals surface area (Å²) >= 11 is 0. The number of hydrogen-bond acceptors (Lipinski definition) is 5. The molecule has 3 heterocycles. The molecule has 1 fully saturated rings. The van der Waals surface area contributed by atoms with E-state index < -0.39 is 0 Å². The van der Waals surface area contributed by atoms with Gasteiger partial charge in [-0.1, -0.05) is 0 Å². The summed E-state index contributed by atoms with van der Waals surface area (Å²) < 4.78 is 6.83. The van der Waals surface area contributed by atoms with Crippen LogP contribution < -0.4 is 0 Å². The van der Waals surface area contributed by atoms with Crippen molar-refractivity contribution in [2.24, 2.45) is 13.0 Å². The van der Waals surface area contributed by atoms with Gasteiger partial charge in [0.2, 0.25) is 0 Å². The third-order valence-electron chi connectivity index (χ3n) is 4.66. The van der Waals surface area contributed by atoms with Crippen LogP contribution in [0.15, 0.2) is 6.07 Å². The Balaban J connectivity index is 1.93. The predicted octanol–water partition coefficient (Wildman–Crippen LogP) is 2.00. The topological polar surface area (TPSA) is 77.3 Å². The van der Waals surface area contributed by atoms with Gasteiger partial charge in [-0.05, 0) is 39.7 Å². The molecule has 25 heavy (non-hydrogen) atoms. The highest BCUT2D eigenvalue weighted by atomic mass is 16.5. The van der Waals surface area contributed by atoms with E-state index in [4.69, 9.17) is 4.74 Å². The molecule has 0 saturated carbocycles. The van der Waals surface area contributed by atoms with Gasteiger partial charge in [-0.3, -0.25) is 14.3 Å². The van der Waals surface area contributed by atoms with E-state index in [-0.39, 0.29) is 17.8 Å². The fraction of sp³-hybridized carbons (Fsp3) is 0.556. The number of amides is 1. The van der Waals surface area contributed by atoms with E-state index in [1.165, 1.54) is 0 Å². The number of carbonyl (C=O) groups excluding carboxylic acids is 2. The number of esters is 1. The molecule has 7 nitrogen and oxygen atoms in total. The lowest BCUT2D eigenvalue weighted by molar-refractivity contribution is -0.149. The quantitative estimate of drug-likeness (QED) is 0.796. The van der Waals surface area contributed by atoms with E-state index in [2.05, 4.69) is 10.1 Å². The van der Waals surface area contributed by atoms with Crippen LogP contribution in [0.1, 0.15) is 41.5 Å². The van der Waals surface area contributed by atoms with Crippen molar-refractivity contribution in [2.45, 2.75) is 33.6 Å². The van der Waals surface area contributed by atoms with E-state index in [1.807, 2.05) is 27.0 Å². The minimum atomic E-state index is -0.244. The molecule has 1 amide bonds. The second kappa shape index (κ2) is 6.82. The zero-order valence-corrected chi connectivity index (χ0v) is 15.2. The number of hydrogen-bond donors (Lipinski definition) is 0. The van der Waals surface area contributed by atoms with Crippen LogP contribution in [-0.2, 0) is 16.6 Å². The first-order chi connectivity index (χ1) is 11.9. The van der Waals surface area contributed by atoms with Crippen LogP contribution in [0, 0.1) is 19.8 Å². The Bertz CT molecular complexity index is 827. The van der Waals surface area contributed by atoms with Crippen molar-refractivity contribution in [1.82, 2.24) is 19.7 Å². The van der Waals surface area contributed by atoms with Gasteiger partial charge in [0.1, 0.15) is 0 Å². The molecule has 1 saturated heterocycles. The van der Waals surface area contributed by atoms with Crippen molar-refractivity contribution in [1.29, 1.82) is 0 Å². The lowest BCUT2D eigenvalue weighted by Gasteiger charge is -2.31. The van der Waals surface area contributed by atoms with Gasteiger partial charge in [-0.2, -0.15) is 5.10 Å². The van der Waals surface area contributed by atoms with Crippen LogP contribution in [-0.4, -0.2) is 51.2 Å². The second-order valence-electron chi connectivity index (χ2n) is 6.56. The van der Waals surface area contributed by atoms with Crippen molar-refractivity contribution in [3.8, 4) is 0 Å². The Kier molecular flexibility index (Phi) is 4.74. The molecular formula is C18H24N4O3. The number of fused-ring (bicyclic) bond motifs is 1. The Morgan fingerprint density at radius 1 is 1.36 bits per heavy atom. The summed E-state index contributed by atoms with van der Waals surface area (Å²) in [5, 5.41) is 5.18. The number of rotatable bonds is 3. The minimum absolute atomic E-state index is 0.0689. The normalized spacial score (nSPS) is 17.8. The van der Waals surface area contributed by atoms with E-state index in [0.29, 0.717) is 30.9 Å². The molecule has 2 aromatic heterocycles. The third kappa shape index (κ3) is 3.23. The number of aromatic nitrogens is 3. The molecule has 134 valence electrons. The van der Waals surface area contributed by atoms with Crippen molar-refractivity contribution < 1.29 is 14.3 Å². The van der Waals surface area contributed by atoms with Gasteiger partial charge < -0.3 is 9.64 Å². The van der Waals surface area contributed by atoms with Gasteiger partial charge in [-0.25, -0.2) is 4.98 Å². The summed E-state index contributed by atoms with van der Waals surface area (Å²) in [6.45, 7) is 6.97. The van der Waals surface area contributed by atoms with Crippen LogP contribution in [0.4, 0.5) is 0 Å². The number of piperidine rings is 1. The number of aryl methyl sites for hydroxylation is 3. The number of pyridine rings is 1. The molecule has 1 aliphatic rings. The van der Waals surface area contributed by atoms with Crippen LogP contribution in [0.25, 0.3) is 11.0 Å². The lowest BCUT2D eigenvalue weighted by Crippen LogP contribution is -2.43. The first-order valence-corrected chi connectivity index (χ1v) is 8.69. The van der Waals surface area contributed by atoms with Crippen molar-refractivity contribution in [3.05, 3.63) is 23.0 Å². The monoisotopic (exact) mass is 344 g/mol. The molecule has 0 N–H and O–H groups in total. The van der Waals surface area contributed by atoms with Gasteiger partial charge in [-0.15, -0.1) is 0 Å². The summed E-state index contributed by atoms with van der Waals surface area (Å²) in [5.74, 6) is -0.528. The van der Waals surface area contributed by atoms with Crippen LogP contribution in [0.3, 0.4) is 0 Å². The van der Waals surface area contributed by atoms with E-state index >= 15 is 0 Å². The molecule has 1 atom stereocenters. The van der Waals surface area contributed by atoms with Crippen LogP contribution >= 0.6 is 0 Å². The van der Waals surface area contributed by atoms with Crippen molar-refractivity contribution in [2.75, 3.05) is 19.7 Å². The summed E-state index contributed by atoms with van der Waals surface area (Å²) in [4.78, 5) is 31.5. The molecule has 0 radical (unpaired) electrons. The van der Waals surface area contributed by atoms with E-state index in [1.54, 1.807) is 16.5 Å². The minimum Gasteiger partial charge on any atom is -0.466 e. The highest BCUT2D eigenvalue weighted by molar-refractivity contribution is 6.06. The maximum Gasteiger partial charge on any atom is 0.310 e. The first kappa shape index (κ1) is 17.4. The average Bonchev–Trinajstić information content (AvgIpc) is 2.88. The average molecular weight is 344 g/mol. The molecule has 1 aliphatic heterocycles. The Morgan fingerprint density at radius 3 is 2.84 bits per heavy atom. The summed E-state index contributed by atoms with van der Waals surface area (Å²) in [6.07, 6.45) is 1.56. The maximum atomic E-state index is 13.2. The largest absolute Gasteiger partial charge is 0.466 e. The van der Waals surface area contributed by atoms with Crippen LogP contribution in [0.2, 0.25) is 0 Å². The lowest BCUT2D eigenvalue weighted by atomic mass is 9.97. The second-order valence-corrected chi connectivity index (χ2v) is 6.56. The number of nitrogens with zero attached hydrogens (tertiary/aromatic N) is 4. The molecule has 0 bridgehead atoms. The van der Waals surface area contributed by atoms with Gasteiger partial charge in [0.25, 0.3) is 5.91 Å². The zero-order valence-electron chi connectivity index (χ0n) is 15.2. The van der Waals surface area contributed by atoms with Gasteiger partial charge in [0.15, 0.2) is 5.65 Å². The molecule has 7 heteroatoms. The van der Waals surface area contributed by atoms with Crippen molar-refractivity contribution in [3.63, 3.8) is 0 Å². The summed E-state index contributed by atoms with van der Waals surface area (Å²) in [5.41, 5.74) is 2.88. The predicted molar refractivity (Wildman–Crippen MR) is 93.2 cm³/mol. The zero-order chi connectivity index (χ0) is 18.1. The molecule has 0 aromatic carbocycles. The van der Waals surface area contributed by atoms with E-state index in [9.17, 15) is 9.59 Å². The third-order valence-corrected chi connectivity index (χ3v) is 4.66. The molecule has 0 spiro atoms. The highest BCUT2D eigenvalue weighted by Crippen LogP contribution is 2.25. The number of carbonyl (C=O) groups is 2.